The van der Waals surface area contributed by atoms with Gasteiger partial charge < -0.3 is 5.11 Å². The fourth-order valence-corrected chi connectivity index (χ4v) is 2.61. The van der Waals surface area contributed by atoms with Crippen molar-refractivity contribution in [2.45, 2.75) is 38.3 Å². The van der Waals surface area contributed by atoms with Gasteiger partial charge in [0.15, 0.2) is 0 Å². The van der Waals surface area contributed by atoms with Crippen LogP contribution in [0.2, 0.25) is 0 Å². The van der Waals surface area contributed by atoms with Crippen molar-refractivity contribution in [3.05, 3.63) is 0 Å². The van der Waals surface area contributed by atoms with E-state index in [-0.39, 0.29) is 18.2 Å². The SMILES string of the molecule is CC(CNS(=O)(=O)CCC(=O)O)N(C)C1CC1. The van der Waals surface area contributed by atoms with Crippen LogP contribution in [-0.4, -0.2) is 55.8 Å². The molecular weight excluding hydrogens is 244 g/mol. The van der Waals surface area contributed by atoms with Gasteiger partial charge in [0.1, 0.15) is 0 Å². The summed E-state index contributed by atoms with van der Waals surface area (Å²) in [5, 5.41) is 8.42. The number of hydrogen-bond donors (Lipinski definition) is 2. The third-order valence-corrected chi connectivity index (χ3v) is 4.35. The number of nitrogens with zero attached hydrogens (tertiary/aromatic N) is 1. The summed E-state index contributed by atoms with van der Waals surface area (Å²) in [6.07, 6.45) is 1.99. The molecular formula is C10H20N2O4S. The number of likely N-dealkylation sites (N-methyl/N-ethyl adjacent to an activating group) is 1. The van der Waals surface area contributed by atoms with Crippen molar-refractivity contribution in [1.82, 2.24) is 9.62 Å². The van der Waals surface area contributed by atoms with E-state index in [2.05, 4.69) is 9.62 Å². The lowest BCUT2D eigenvalue weighted by Gasteiger charge is -2.24. The minimum Gasteiger partial charge on any atom is -0.481 e. The maximum Gasteiger partial charge on any atom is 0.304 e. The molecule has 1 aliphatic carbocycles. The van der Waals surface area contributed by atoms with E-state index in [0.29, 0.717) is 12.6 Å². The number of rotatable bonds is 8. The Kier molecular flexibility index (Phi) is 4.91. The Labute approximate surface area is 102 Å². The Morgan fingerprint density at radius 2 is 2.12 bits per heavy atom. The summed E-state index contributed by atoms with van der Waals surface area (Å²) in [6.45, 7) is 2.28. The number of nitrogens with one attached hydrogen (secondary N) is 1. The van der Waals surface area contributed by atoms with Crippen LogP contribution in [0.1, 0.15) is 26.2 Å². The molecule has 1 atom stereocenters. The topological polar surface area (TPSA) is 86.7 Å². The molecule has 0 aromatic carbocycles. The number of hydrogen-bond acceptors (Lipinski definition) is 4. The summed E-state index contributed by atoms with van der Waals surface area (Å²) in [4.78, 5) is 12.4. The van der Waals surface area contributed by atoms with Crippen LogP contribution in [0.3, 0.4) is 0 Å². The molecule has 6 nitrogen and oxygen atoms in total. The predicted octanol–water partition coefficient (Wildman–Crippen LogP) is -0.137. The molecule has 0 aliphatic heterocycles. The average Bonchev–Trinajstić information content (AvgIpc) is 3.06. The van der Waals surface area contributed by atoms with Gasteiger partial charge in [0.2, 0.25) is 10.0 Å². The van der Waals surface area contributed by atoms with Gasteiger partial charge in [0.25, 0.3) is 0 Å². The van der Waals surface area contributed by atoms with Crippen molar-refractivity contribution in [3.63, 3.8) is 0 Å². The normalized spacial score (nSPS) is 18.3. The van der Waals surface area contributed by atoms with Gasteiger partial charge in [0, 0.05) is 18.6 Å². The summed E-state index contributed by atoms with van der Waals surface area (Å²) >= 11 is 0. The smallest absolute Gasteiger partial charge is 0.304 e. The highest BCUT2D eigenvalue weighted by Crippen LogP contribution is 2.26. The number of carboxylic acid groups (broad SMARTS) is 1. The highest BCUT2D eigenvalue weighted by molar-refractivity contribution is 7.89. The minimum atomic E-state index is -3.47. The zero-order valence-electron chi connectivity index (χ0n) is 10.2. The lowest BCUT2D eigenvalue weighted by atomic mass is 10.3. The maximum absolute atomic E-state index is 11.5. The number of carbonyl (C=O) groups is 1. The van der Waals surface area contributed by atoms with Crippen LogP contribution in [0.15, 0.2) is 0 Å². The first-order valence-electron chi connectivity index (χ1n) is 5.73. The quantitative estimate of drug-likeness (QED) is 0.637. The first-order chi connectivity index (χ1) is 7.82. The van der Waals surface area contributed by atoms with Crippen LogP contribution in [0.4, 0.5) is 0 Å². The number of aliphatic carboxylic acids is 1. The molecule has 1 rings (SSSR count). The summed E-state index contributed by atoms with van der Waals surface area (Å²) in [5.74, 6) is -1.46. The molecule has 0 spiro atoms. The molecule has 0 aromatic heterocycles. The molecule has 0 radical (unpaired) electrons. The van der Waals surface area contributed by atoms with E-state index in [0.717, 1.165) is 0 Å². The van der Waals surface area contributed by atoms with Gasteiger partial charge in [0.05, 0.1) is 12.2 Å². The van der Waals surface area contributed by atoms with Gasteiger partial charge in [-0.2, -0.15) is 0 Å². The van der Waals surface area contributed by atoms with E-state index in [9.17, 15) is 13.2 Å². The van der Waals surface area contributed by atoms with Crippen LogP contribution in [0, 0.1) is 0 Å². The second-order valence-electron chi connectivity index (χ2n) is 4.56. The number of carboxylic acids is 1. The molecule has 0 bridgehead atoms. The molecule has 1 unspecified atom stereocenters. The molecule has 100 valence electrons. The van der Waals surface area contributed by atoms with Crippen LogP contribution >= 0.6 is 0 Å². The monoisotopic (exact) mass is 264 g/mol. The average molecular weight is 264 g/mol. The molecule has 1 fully saturated rings. The highest BCUT2D eigenvalue weighted by Gasteiger charge is 2.29. The van der Waals surface area contributed by atoms with Gasteiger partial charge in [-0.05, 0) is 26.8 Å². The fourth-order valence-electron chi connectivity index (χ4n) is 1.53. The lowest BCUT2D eigenvalue weighted by molar-refractivity contribution is -0.136. The van der Waals surface area contributed by atoms with E-state index in [4.69, 9.17) is 5.11 Å². The van der Waals surface area contributed by atoms with Crippen LogP contribution < -0.4 is 4.72 Å². The van der Waals surface area contributed by atoms with E-state index >= 15 is 0 Å². The van der Waals surface area contributed by atoms with Crippen molar-refractivity contribution >= 4 is 16.0 Å². The van der Waals surface area contributed by atoms with Gasteiger partial charge in [-0.1, -0.05) is 0 Å². The molecule has 0 amide bonds. The fraction of sp³-hybridized carbons (Fsp3) is 0.900. The van der Waals surface area contributed by atoms with Gasteiger partial charge >= 0.3 is 5.97 Å². The van der Waals surface area contributed by atoms with Crippen molar-refractivity contribution in [1.29, 1.82) is 0 Å². The Hall–Kier alpha value is -0.660. The first kappa shape index (κ1) is 14.4. The van der Waals surface area contributed by atoms with Crippen molar-refractivity contribution < 1.29 is 18.3 Å². The van der Waals surface area contributed by atoms with Crippen LogP contribution in [0.5, 0.6) is 0 Å². The highest BCUT2D eigenvalue weighted by atomic mass is 32.2. The third-order valence-electron chi connectivity index (χ3n) is 3.00. The van der Waals surface area contributed by atoms with E-state index in [1.165, 1.54) is 12.8 Å². The summed E-state index contributed by atoms with van der Waals surface area (Å²) in [7, 11) is -1.49. The zero-order valence-corrected chi connectivity index (χ0v) is 11.0. The Balaban J connectivity index is 2.30. The van der Waals surface area contributed by atoms with E-state index in [1.54, 1.807) is 0 Å². The molecule has 0 aromatic rings. The Bertz CT molecular complexity index is 365. The lowest BCUT2D eigenvalue weighted by Crippen LogP contribution is -2.41. The maximum atomic E-state index is 11.5. The molecule has 17 heavy (non-hydrogen) atoms. The molecule has 0 saturated heterocycles. The third kappa shape index (κ3) is 5.47. The van der Waals surface area contributed by atoms with E-state index < -0.39 is 16.0 Å². The molecule has 1 saturated carbocycles. The second-order valence-corrected chi connectivity index (χ2v) is 6.48. The summed E-state index contributed by atoms with van der Waals surface area (Å²) < 4.78 is 25.4. The summed E-state index contributed by atoms with van der Waals surface area (Å²) in [5.41, 5.74) is 0. The zero-order chi connectivity index (χ0) is 13.1. The molecule has 2 N–H and O–H groups in total. The predicted molar refractivity (Wildman–Crippen MR) is 64.3 cm³/mol. The Morgan fingerprint density at radius 3 is 2.59 bits per heavy atom. The van der Waals surface area contributed by atoms with Gasteiger partial charge in [-0.3, -0.25) is 9.69 Å². The van der Waals surface area contributed by atoms with Crippen molar-refractivity contribution in [2.24, 2.45) is 0 Å². The van der Waals surface area contributed by atoms with E-state index in [1.807, 2.05) is 14.0 Å². The van der Waals surface area contributed by atoms with Gasteiger partial charge in [-0.15, -0.1) is 0 Å². The molecule has 1 aliphatic rings. The van der Waals surface area contributed by atoms with Crippen LogP contribution in [0.25, 0.3) is 0 Å². The minimum absolute atomic E-state index is 0.127. The summed E-state index contributed by atoms with van der Waals surface area (Å²) in [6, 6.07) is 0.704. The standard InChI is InChI=1S/C10H20N2O4S/c1-8(12(2)9-3-4-9)7-11-17(15,16)6-5-10(13)14/h8-9,11H,3-7H2,1-2H3,(H,13,14). The molecule has 7 heteroatoms. The van der Waals surface area contributed by atoms with Crippen molar-refractivity contribution in [2.75, 3.05) is 19.3 Å². The first-order valence-corrected chi connectivity index (χ1v) is 7.38. The van der Waals surface area contributed by atoms with Crippen LogP contribution in [-0.2, 0) is 14.8 Å². The molecule has 0 heterocycles. The number of sulfonamides is 1. The Morgan fingerprint density at radius 1 is 1.53 bits per heavy atom. The largest absolute Gasteiger partial charge is 0.481 e. The van der Waals surface area contributed by atoms with Gasteiger partial charge in [-0.25, -0.2) is 13.1 Å². The second kappa shape index (κ2) is 5.79. The van der Waals surface area contributed by atoms with Crippen molar-refractivity contribution in [3.8, 4) is 0 Å².